The van der Waals surface area contributed by atoms with Gasteiger partial charge in [0.15, 0.2) is 47.0 Å². The monoisotopic (exact) mass is 522 g/mol. The van der Waals surface area contributed by atoms with Crippen molar-refractivity contribution in [1.29, 1.82) is 0 Å². The Bertz CT molecular complexity index is 679. The van der Waals surface area contributed by atoms with E-state index in [0.717, 1.165) is 6.04 Å². The van der Waals surface area contributed by atoms with Gasteiger partial charge in [0, 0.05) is 11.6 Å². The van der Waals surface area contributed by atoms with Crippen molar-refractivity contribution in [3.05, 3.63) is 11.3 Å². The van der Waals surface area contributed by atoms with Crippen LogP contribution in [0.1, 0.15) is 27.7 Å². The summed E-state index contributed by atoms with van der Waals surface area (Å²) in [7, 11) is -7.86. The Labute approximate surface area is 197 Å². The maximum Gasteiger partial charge on any atom is 0.335 e. The lowest BCUT2D eigenvalue weighted by atomic mass is 10.00. The molecular formula is C20H46O6Si5. The van der Waals surface area contributed by atoms with E-state index in [1.807, 2.05) is 6.92 Å². The van der Waals surface area contributed by atoms with Gasteiger partial charge >= 0.3 is 5.97 Å². The van der Waals surface area contributed by atoms with Gasteiger partial charge in [0.1, 0.15) is 13.2 Å². The molecule has 0 aromatic carbocycles. The zero-order valence-corrected chi connectivity index (χ0v) is 28.3. The molecule has 1 aliphatic heterocycles. The van der Waals surface area contributed by atoms with Gasteiger partial charge in [0.05, 0.1) is 0 Å². The molecule has 2 unspecified atom stereocenters. The molecule has 31 heavy (non-hydrogen) atoms. The summed E-state index contributed by atoms with van der Waals surface area (Å²) in [6.45, 7) is 27.9. The quantitative estimate of drug-likeness (QED) is 0.206. The topological polar surface area (TPSA) is 63.2 Å². The van der Waals surface area contributed by atoms with Crippen LogP contribution in [0.5, 0.6) is 0 Å². The minimum absolute atomic E-state index is 0.325. The van der Waals surface area contributed by atoms with Crippen LogP contribution in [0.4, 0.5) is 0 Å². The lowest BCUT2D eigenvalue weighted by molar-refractivity contribution is -0.221. The van der Waals surface area contributed by atoms with E-state index in [0.29, 0.717) is 16.1 Å². The summed E-state index contributed by atoms with van der Waals surface area (Å²) in [5.74, 6) is -1.15. The Morgan fingerprint density at radius 3 is 1.90 bits per heavy atom. The molecule has 0 spiro atoms. The van der Waals surface area contributed by atoms with Crippen molar-refractivity contribution in [3.8, 4) is 0 Å². The van der Waals surface area contributed by atoms with Crippen LogP contribution in [0.25, 0.3) is 0 Å². The molecule has 1 fully saturated rings. The summed E-state index contributed by atoms with van der Waals surface area (Å²) in [5.41, 5.74) is 2.22. The largest absolute Gasteiger partial charge is 0.434 e. The normalized spacial score (nSPS) is 27.1. The van der Waals surface area contributed by atoms with Gasteiger partial charge in [-0.2, -0.15) is 0 Å². The van der Waals surface area contributed by atoms with Gasteiger partial charge in [-0.3, -0.25) is 0 Å². The lowest BCUT2D eigenvalue weighted by Crippen LogP contribution is -2.77. The van der Waals surface area contributed by atoms with Crippen LogP contribution >= 0.6 is 0 Å². The second-order valence-electron chi connectivity index (χ2n) is 11.9. The van der Waals surface area contributed by atoms with E-state index in [2.05, 4.69) is 78.5 Å². The first-order chi connectivity index (χ1) is 13.6. The average molecular weight is 523 g/mol. The maximum absolute atomic E-state index is 12.7. The van der Waals surface area contributed by atoms with Gasteiger partial charge in [-0.15, -0.1) is 0 Å². The molecule has 1 saturated heterocycles. The highest BCUT2D eigenvalue weighted by Crippen LogP contribution is 2.50. The number of esters is 1. The highest BCUT2D eigenvalue weighted by Gasteiger charge is 2.65. The molecule has 0 saturated carbocycles. The van der Waals surface area contributed by atoms with Gasteiger partial charge in [0.2, 0.25) is 0 Å². The molecular weight excluding hydrogens is 477 g/mol. The second-order valence-corrected chi connectivity index (χ2v) is 35.0. The molecule has 0 bridgehead atoms. The van der Waals surface area contributed by atoms with E-state index >= 15 is 0 Å². The van der Waals surface area contributed by atoms with E-state index in [9.17, 15) is 4.79 Å². The highest BCUT2D eigenvalue weighted by atomic mass is 29.3. The second kappa shape index (κ2) is 9.41. The number of rotatable bonds is 8. The van der Waals surface area contributed by atoms with Crippen molar-refractivity contribution in [1.82, 2.24) is 0 Å². The van der Waals surface area contributed by atoms with Gasteiger partial charge in [0.25, 0.3) is 0 Å². The molecule has 6 nitrogen and oxygen atoms in total. The first kappa shape index (κ1) is 29.2. The molecule has 1 heterocycles. The fourth-order valence-corrected chi connectivity index (χ4v) is 17.6. The third-order valence-corrected chi connectivity index (χ3v) is 23.9. The molecule has 0 aromatic heterocycles. The maximum atomic E-state index is 12.7. The van der Waals surface area contributed by atoms with Crippen molar-refractivity contribution >= 4 is 48.5 Å². The lowest BCUT2D eigenvalue weighted by Gasteiger charge is -2.62. The van der Waals surface area contributed by atoms with Crippen molar-refractivity contribution < 1.29 is 27.2 Å². The van der Waals surface area contributed by atoms with Gasteiger partial charge in [-0.25, -0.2) is 4.79 Å². The van der Waals surface area contributed by atoms with E-state index in [-0.39, 0.29) is 5.97 Å². The van der Waals surface area contributed by atoms with E-state index in [4.69, 9.17) is 22.4 Å². The van der Waals surface area contributed by atoms with Crippen LogP contribution in [-0.2, 0) is 27.2 Å². The molecule has 0 aliphatic carbocycles. The van der Waals surface area contributed by atoms with Crippen molar-refractivity contribution in [2.75, 3.05) is 0 Å². The molecule has 182 valence electrons. The van der Waals surface area contributed by atoms with Gasteiger partial charge in [-0.05, 0) is 80.1 Å². The Morgan fingerprint density at radius 1 is 1.06 bits per heavy atom. The summed E-state index contributed by atoms with van der Waals surface area (Å²) in [6, 6.07) is 0.776. The summed E-state index contributed by atoms with van der Waals surface area (Å²) in [6.07, 6.45) is -0.520. The minimum atomic E-state index is -2.26. The number of carbonyl (C=O) groups excluding carboxylic acids is 1. The number of hydrogen-bond acceptors (Lipinski definition) is 6. The first-order valence-corrected chi connectivity index (χ1v) is 25.5. The van der Waals surface area contributed by atoms with Crippen LogP contribution in [-0.4, -0.2) is 66.2 Å². The molecule has 1 aliphatic rings. The Hall–Kier alpha value is 0.134. The van der Waals surface area contributed by atoms with E-state index in [1.165, 1.54) is 0 Å². The number of carbonyl (C=O) groups is 1. The number of hydrogen-bond donors (Lipinski definition) is 0. The molecule has 1 rings (SSSR count). The Kier molecular flexibility index (Phi) is 8.85. The molecule has 0 aromatic rings. The van der Waals surface area contributed by atoms with Gasteiger partial charge in [-0.1, -0.05) is 12.2 Å². The zero-order valence-electron chi connectivity index (χ0n) is 22.3. The molecule has 0 amide bonds. The van der Waals surface area contributed by atoms with Gasteiger partial charge < -0.3 is 22.4 Å². The average Bonchev–Trinajstić information content (AvgIpc) is 2.48. The summed E-state index contributed by atoms with van der Waals surface area (Å²) >= 11 is 0. The van der Waals surface area contributed by atoms with E-state index < -0.39 is 49.7 Å². The summed E-state index contributed by atoms with van der Waals surface area (Å²) in [5, 5.41) is 0. The highest BCUT2D eigenvalue weighted by molar-refractivity contribution is 7.41. The SMILES string of the molecule is CC(=C[Si]1(C)CC(O[Si](C)(C)C)(O[Si](C)(C)C)C(C)(C)O[Si]1(C)C)C(=O)OC(C)O[SiH3]. The third-order valence-electron chi connectivity index (χ3n) is 5.81. The predicted octanol–water partition coefficient (Wildman–Crippen LogP) is 4.23. The molecule has 0 N–H and O–H groups in total. The molecule has 2 atom stereocenters. The minimum Gasteiger partial charge on any atom is -0.434 e. The van der Waals surface area contributed by atoms with Crippen molar-refractivity contribution in [2.45, 2.75) is 110 Å². The summed E-state index contributed by atoms with van der Waals surface area (Å²) < 4.78 is 31.4. The smallest absolute Gasteiger partial charge is 0.335 e. The fraction of sp³-hybridized carbons (Fsp3) is 0.850. The van der Waals surface area contributed by atoms with Crippen molar-refractivity contribution in [2.24, 2.45) is 0 Å². The Morgan fingerprint density at radius 2 is 1.52 bits per heavy atom. The summed E-state index contributed by atoms with van der Waals surface area (Å²) in [4.78, 5) is 12.7. The van der Waals surface area contributed by atoms with Crippen LogP contribution < -0.4 is 0 Å². The molecule has 0 radical (unpaired) electrons. The van der Waals surface area contributed by atoms with Crippen molar-refractivity contribution in [3.63, 3.8) is 0 Å². The third kappa shape index (κ3) is 7.31. The zero-order chi connectivity index (χ0) is 24.7. The van der Waals surface area contributed by atoms with Crippen LogP contribution in [0, 0.1) is 0 Å². The van der Waals surface area contributed by atoms with E-state index in [1.54, 1.807) is 6.92 Å². The Balaban J connectivity index is 3.56. The predicted molar refractivity (Wildman–Crippen MR) is 141 cm³/mol. The molecule has 11 heteroatoms. The van der Waals surface area contributed by atoms with Crippen LogP contribution in [0.15, 0.2) is 11.3 Å². The first-order valence-electron chi connectivity index (χ1n) is 11.1. The van der Waals surface area contributed by atoms with Crippen LogP contribution in [0.2, 0.25) is 65.0 Å². The van der Waals surface area contributed by atoms with Crippen LogP contribution in [0.3, 0.4) is 0 Å². The number of ether oxygens (including phenoxy) is 1. The standard InChI is InChI=1S/C20H46O6Si5/c1-16(18(21)22-17(2)23-27)14-31(13)15-20(25-28(5,6)7,26-29(8,9)10)19(3,4)24-30(31,11)12/h14,17H,15H2,1-13,27H3. The fourth-order valence-electron chi connectivity index (χ4n) is 4.12.